The van der Waals surface area contributed by atoms with Gasteiger partial charge in [0.1, 0.15) is 6.17 Å². The number of nitrogens with one attached hydrogen (secondary N) is 1. The van der Waals surface area contributed by atoms with Crippen LogP contribution in [0.3, 0.4) is 0 Å². The molecule has 0 aliphatic heterocycles. The number of allylic oxidation sites excluding steroid dienone is 9. The van der Waals surface area contributed by atoms with E-state index in [0.29, 0.717) is 21.8 Å². The van der Waals surface area contributed by atoms with Crippen LogP contribution in [0.1, 0.15) is 12.8 Å². The summed E-state index contributed by atoms with van der Waals surface area (Å²) in [4.78, 5) is 11.2. The number of alkyl halides is 1. The quantitative estimate of drug-likeness (QED) is 0.789. The van der Waals surface area contributed by atoms with Gasteiger partial charge < -0.3 is 5.11 Å². The molecule has 114 valence electrons. The third-order valence-electron chi connectivity index (χ3n) is 3.94. The molecule has 2 unspecified atom stereocenters. The Hall–Kier alpha value is -1.65. The van der Waals surface area contributed by atoms with Gasteiger partial charge in [-0.25, -0.2) is 4.39 Å². The highest BCUT2D eigenvalue weighted by Crippen LogP contribution is 2.43. The van der Waals surface area contributed by atoms with E-state index in [1.165, 1.54) is 0 Å². The number of hydrogen-bond acceptors (Lipinski definition) is 2. The molecule has 0 spiro atoms. The monoisotopic (exact) mass is 339 g/mol. The highest BCUT2D eigenvalue weighted by atomic mass is 35.5. The number of carbonyl (C=O) groups is 1. The SMILES string of the molecule is N=C1C(C2=C(Cl)C=CCC2F)=CC2=CC(C(=O)O)CC(Cl)=C12. The molecule has 2 atom stereocenters. The number of halogens is 3. The molecule has 3 aliphatic carbocycles. The average molecular weight is 340 g/mol. The normalized spacial score (nSPS) is 27.9. The van der Waals surface area contributed by atoms with E-state index in [-0.39, 0.29) is 29.2 Å². The van der Waals surface area contributed by atoms with Gasteiger partial charge in [-0.2, -0.15) is 0 Å². The van der Waals surface area contributed by atoms with Gasteiger partial charge in [0.15, 0.2) is 0 Å². The summed E-state index contributed by atoms with van der Waals surface area (Å²) in [5.41, 5.74) is 1.79. The third-order valence-corrected chi connectivity index (χ3v) is 4.62. The number of aliphatic carboxylic acids is 1. The molecule has 0 fully saturated rings. The van der Waals surface area contributed by atoms with E-state index in [1.807, 2.05) is 0 Å². The van der Waals surface area contributed by atoms with Crippen molar-refractivity contribution >= 4 is 34.9 Å². The molecule has 0 heterocycles. The Labute approximate surface area is 136 Å². The summed E-state index contributed by atoms with van der Waals surface area (Å²) < 4.78 is 14.2. The van der Waals surface area contributed by atoms with Crippen molar-refractivity contribution in [3.8, 4) is 0 Å². The second-order valence-electron chi connectivity index (χ2n) is 5.35. The molecule has 2 N–H and O–H groups in total. The van der Waals surface area contributed by atoms with Gasteiger partial charge in [-0.05, 0) is 17.7 Å². The van der Waals surface area contributed by atoms with E-state index in [0.717, 1.165) is 0 Å². The Morgan fingerprint density at radius 1 is 1.41 bits per heavy atom. The van der Waals surface area contributed by atoms with Gasteiger partial charge in [0.25, 0.3) is 0 Å². The zero-order chi connectivity index (χ0) is 16.0. The first-order valence-corrected chi connectivity index (χ1v) is 7.51. The third kappa shape index (κ3) is 2.36. The topological polar surface area (TPSA) is 61.2 Å². The van der Waals surface area contributed by atoms with Crippen LogP contribution in [-0.4, -0.2) is 23.0 Å². The van der Waals surface area contributed by atoms with E-state index in [9.17, 15) is 9.18 Å². The van der Waals surface area contributed by atoms with Crippen LogP contribution in [0, 0.1) is 11.3 Å². The molecule has 22 heavy (non-hydrogen) atoms. The van der Waals surface area contributed by atoms with Crippen LogP contribution in [-0.2, 0) is 4.79 Å². The van der Waals surface area contributed by atoms with Crippen LogP contribution in [0.15, 0.2) is 56.7 Å². The summed E-state index contributed by atoms with van der Waals surface area (Å²) in [5, 5.41) is 18.0. The lowest BCUT2D eigenvalue weighted by Gasteiger charge is -2.19. The maximum Gasteiger partial charge on any atom is 0.310 e. The van der Waals surface area contributed by atoms with Crippen LogP contribution < -0.4 is 0 Å². The van der Waals surface area contributed by atoms with Crippen LogP contribution in [0.2, 0.25) is 0 Å². The van der Waals surface area contributed by atoms with E-state index < -0.39 is 18.1 Å². The van der Waals surface area contributed by atoms with Gasteiger partial charge in [0.05, 0.1) is 11.6 Å². The smallest absolute Gasteiger partial charge is 0.310 e. The Balaban J connectivity index is 2.10. The van der Waals surface area contributed by atoms with Crippen molar-refractivity contribution in [2.45, 2.75) is 19.0 Å². The lowest BCUT2D eigenvalue weighted by molar-refractivity contribution is -0.140. The van der Waals surface area contributed by atoms with Crippen molar-refractivity contribution < 1.29 is 14.3 Å². The maximum atomic E-state index is 14.2. The molecule has 3 aliphatic rings. The Bertz CT molecular complexity index is 743. The minimum absolute atomic E-state index is 0.103. The van der Waals surface area contributed by atoms with Crippen molar-refractivity contribution in [3.05, 3.63) is 56.7 Å². The number of carboxylic acids is 1. The molecular weight excluding hydrogens is 328 g/mol. The summed E-state index contributed by atoms with van der Waals surface area (Å²) in [6.07, 6.45) is 5.51. The first kappa shape index (κ1) is 15.3. The zero-order valence-electron chi connectivity index (χ0n) is 11.4. The number of carboxylic acid groups (broad SMARTS) is 1. The molecule has 0 aromatic rings. The van der Waals surface area contributed by atoms with E-state index in [1.54, 1.807) is 24.3 Å². The van der Waals surface area contributed by atoms with Crippen LogP contribution >= 0.6 is 23.2 Å². The average Bonchev–Trinajstić information content (AvgIpc) is 2.76. The molecule has 0 saturated heterocycles. The Morgan fingerprint density at radius 2 is 2.14 bits per heavy atom. The second-order valence-corrected chi connectivity index (χ2v) is 6.21. The fourth-order valence-electron chi connectivity index (χ4n) is 2.89. The minimum atomic E-state index is -1.28. The Kier molecular flexibility index (Phi) is 3.83. The summed E-state index contributed by atoms with van der Waals surface area (Å²) in [5.74, 6) is -1.70. The Morgan fingerprint density at radius 3 is 2.77 bits per heavy atom. The van der Waals surface area contributed by atoms with Gasteiger partial charge in [-0.1, -0.05) is 35.4 Å². The molecule has 0 amide bonds. The summed E-state index contributed by atoms with van der Waals surface area (Å²) in [7, 11) is 0. The molecule has 0 radical (unpaired) electrons. The van der Waals surface area contributed by atoms with Gasteiger partial charge in [-0.15, -0.1) is 0 Å². The zero-order valence-corrected chi connectivity index (χ0v) is 12.9. The van der Waals surface area contributed by atoms with Crippen molar-refractivity contribution in [1.29, 1.82) is 5.41 Å². The number of fused-ring (bicyclic) bond motifs is 1. The lowest BCUT2D eigenvalue weighted by atomic mass is 9.90. The van der Waals surface area contributed by atoms with E-state index in [2.05, 4.69) is 0 Å². The summed E-state index contributed by atoms with van der Waals surface area (Å²) in [6.45, 7) is 0. The number of hydrogen-bond donors (Lipinski definition) is 2. The highest BCUT2D eigenvalue weighted by Gasteiger charge is 2.35. The standard InChI is InChI=1S/C16H12Cl2FNO2/c17-10-2-1-3-12(19)14(10)9-5-7-4-8(16(21)22)6-11(18)13(7)15(9)20/h1-2,4-5,8,12,20H,3,6H2,(H,21,22). The van der Waals surface area contributed by atoms with Crippen LogP contribution in [0.5, 0.6) is 0 Å². The van der Waals surface area contributed by atoms with Crippen molar-refractivity contribution in [2.75, 3.05) is 0 Å². The first-order chi connectivity index (χ1) is 10.4. The largest absolute Gasteiger partial charge is 0.481 e. The lowest BCUT2D eigenvalue weighted by Crippen LogP contribution is -2.18. The van der Waals surface area contributed by atoms with Crippen molar-refractivity contribution in [2.24, 2.45) is 5.92 Å². The van der Waals surface area contributed by atoms with Crippen LogP contribution in [0.4, 0.5) is 4.39 Å². The fourth-order valence-corrected chi connectivity index (χ4v) is 3.57. The van der Waals surface area contributed by atoms with Crippen molar-refractivity contribution in [3.63, 3.8) is 0 Å². The number of rotatable bonds is 2. The van der Waals surface area contributed by atoms with Gasteiger partial charge >= 0.3 is 5.97 Å². The second kappa shape index (κ2) is 5.52. The molecule has 0 bridgehead atoms. The minimum Gasteiger partial charge on any atom is -0.481 e. The van der Waals surface area contributed by atoms with Crippen LogP contribution in [0.25, 0.3) is 0 Å². The molecule has 0 aromatic heterocycles. The van der Waals surface area contributed by atoms with E-state index in [4.69, 9.17) is 33.7 Å². The predicted octanol–water partition coefficient (Wildman–Crippen LogP) is 4.26. The van der Waals surface area contributed by atoms with Gasteiger partial charge in [-0.3, -0.25) is 10.2 Å². The molecule has 3 nitrogen and oxygen atoms in total. The van der Waals surface area contributed by atoms with Gasteiger partial charge in [0.2, 0.25) is 0 Å². The van der Waals surface area contributed by atoms with E-state index >= 15 is 0 Å². The fraction of sp³-hybridized carbons (Fsp3) is 0.250. The first-order valence-electron chi connectivity index (χ1n) is 6.75. The molecule has 6 heteroatoms. The predicted molar refractivity (Wildman–Crippen MR) is 84.0 cm³/mol. The maximum absolute atomic E-state index is 14.2. The molecule has 3 rings (SSSR count). The molecule has 0 saturated carbocycles. The highest BCUT2D eigenvalue weighted by molar-refractivity contribution is 6.37. The van der Waals surface area contributed by atoms with Crippen molar-refractivity contribution in [1.82, 2.24) is 0 Å². The molecule has 0 aromatic carbocycles. The molecular formula is C16H12Cl2FNO2. The van der Waals surface area contributed by atoms with Gasteiger partial charge in [0, 0.05) is 39.6 Å². The summed E-state index contributed by atoms with van der Waals surface area (Å²) >= 11 is 12.3. The summed E-state index contributed by atoms with van der Waals surface area (Å²) in [6, 6.07) is 0.